The normalized spacial score (nSPS) is 15.4. The first-order valence-electron chi connectivity index (χ1n) is 11.4. The van der Waals surface area contributed by atoms with Gasteiger partial charge in [0.05, 0.1) is 11.6 Å². The fourth-order valence-corrected chi connectivity index (χ4v) is 3.81. The van der Waals surface area contributed by atoms with Crippen molar-refractivity contribution in [3.05, 3.63) is 107 Å². The first kappa shape index (κ1) is 23.9. The van der Waals surface area contributed by atoms with Crippen LogP contribution in [0.1, 0.15) is 24.1 Å². The van der Waals surface area contributed by atoms with Crippen molar-refractivity contribution in [3.63, 3.8) is 0 Å². The Bertz CT molecular complexity index is 1190. The number of amides is 2. The molecule has 0 bridgehead atoms. The lowest BCUT2D eigenvalue weighted by Crippen LogP contribution is -2.46. The van der Waals surface area contributed by atoms with Gasteiger partial charge in [-0.3, -0.25) is 0 Å². The second-order valence-corrected chi connectivity index (χ2v) is 8.05. The summed E-state index contributed by atoms with van der Waals surface area (Å²) in [6.45, 7) is 2.38. The molecular weight excluding hydrogens is 444 g/mol. The summed E-state index contributed by atoms with van der Waals surface area (Å²) < 4.78 is 17.2. The molecule has 0 saturated carbocycles. The average Bonchev–Trinajstić information content (AvgIpc) is 2.89. The summed E-state index contributed by atoms with van der Waals surface area (Å²) in [4.78, 5) is 27.2. The zero-order chi connectivity index (χ0) is 24.6. The van der Waals surface area contributed by atoms with Gasteiger partial charge in [-0.25, -0.2) is 9.59 Å². The molecule has 7 nitrogen and oxygen atoms in total. The number of ether oxygens (including phenoxy) is 3. The molecule has 1 atom stereocenters. The minimum atomic E-state index is -0.715. The standard InChI is InChI=1S/C28H28N2O5/c1-20-25(27(31)34-18-17-33-22-13-7-4-8-14-22)26(29-28(32)30(20)2)23-15-9-10-16-24(23)35-19-21-11-5-3-6-12-21/h3-16,26H,17-19H2,1-2H3,(H,29,32)/t26-/m0/s1. The van der Waals surface area contributed by atoms with Crippen LogP contribution in [0.3, 0.4) is 0 Å². The number of rotatable bonds is 9. The van der Waals surface area contributed by atoms with Gasteiger partial charge in [0.25, 0.3) is 0 Å². The predicted molar refractivity (Wildman–Crippen MR) is 132 cm³/mol. The van der Waals surface area contributed by atoms with Crippen LogP contribution < -0.4 is 14.8 Å². The molecule has 180 valence electrons. The lowest BCUT2D eigenvalue weighted by Gasteiger charge is -2.33. The Morgan fingerprint density at radius 3 is 2.29 bits per heavy atom. The molecule has 35 heavy (non-hydrogen) atoms. The highest BCUT2D eigenvalue weighted by Gasteiger charge is 2.36. The van der Waals surface area contributed by atoms with Gasteiger partial charge < -0.3 is 24.4 Å². The van der Waals surface area contributed by atoms with Gasteiger partial charge in [0.15, 0.2) is 0 Å². The van der Waals surface area contributed by atoms with Crippen molar-refractivity contribution >= 4 is 12.0 Å². The summed E-state index contributed by atoms with van der Waals surface area (Å²) in [5.41, 5.74) is 2.56. The molecule has 0 spiro atoms. The quantitative estimate of drug-likeness (QED) is 0.356. The molecule has 0 aromatic heterocycles. The number of carbonyl (C=O) groups is 2. The van der Waals surface area contributed by atoms with Crippen LogP contribution in [0, 0.1) is 0 Å². The van der Waals surface area contributed by atoms with Gasteiger partial charge in [0.1, 0.15) is 31.3 Å². The average molecular weight is 473 g/mol. The number of hydrogen-bond donors (Lipinski definition) is 1. The van der Waals surface area contributed by atoms with E-state index in [-0.39, 0.29) is 19.2 Å². The highest BCUT2D eigenvalue weighted by Crippen LogP contribution is 2.35. The van der Waals surface area contributed by atoms with E-state index in [1.165, 1.54) is 4.90 Å². The van der Waals surface area contributed by atoms with Crippen LogP contribution in [0.15, 0.2) is 96.2 Å². The molecule has 0 fully saturated rings. The summed E-state index contributed by atoms with van der Waals surface area (Å²) in [6.07, 6.45) is 0. The van der Waals surface area contributed by atoms with Gasteiger partial charge in [-0.2, -0.15) is 0 Å². The third-order valence-electron chi connectivity index (χ3n) is 5.77. The molecule has 1 heterocycles. The zero-order valence-corrected chi connectivity index (χ0v) is 19.8. The largest absolute Gasteiger partial charge is 0.490 e. The third-order valence-corrected chi connectivity index (χ3v) is 5.77. The van der Waals surface area contributed by atoms with E-state index in [0.717, 1.165) is 5.56 Å². The topological polar surface area (TPSA) is 77.1 Å². The van der Waals surface area contributed by atoms with Crippen LogP contribution >= 0.6 is 0 Å². The number of nitrogens with one attached hydrogen (secondary N) is 1. The number of hydrogen-bond acceptors (Lipinski definition) is 5. The molecule has 1 N–H and O–H groups in total. The van der Waals surface area contributed by atoms with Gasteiger partial charge in [-0.15, -0.1) is 0 Å². The van der Waals surface area contributed by atoms with E-state index in [0.29, 0.717) is 34.9 Å². The lowest BCUT2D eigenvalue weighted by molar-refractivity contribution is -0.140. The van der Waals surface area contributed by atoms with E-state index >= 15 is 0 Å². The Morgan fingerprint density at radius 1 is 0.886 bits per heavy atom. The van der Waals surface area contributed by atoms with Crippen molar-refractivity contribution in [3.8, 4) is 11.5 Å². The summed E-state index contributed by atoms with van der Waals surface area (Å²) in [5.74, 6) is 0.761. The van der Waals surface area contributed by atoms with Crippen molar-refractivity contribution in [1.29, 1.82) is 0 Å². The van der Waals surface area contributed by atoms with Crippen molar-refractivity contribution in [1.82, 2.24) is 10.2 Å². The molecule has 7 heteroatoms. The Labute approximate surface area is 204 Å². The molecule has 1 aliphatic heterocycles. The van der Waals surface area contributed by atoms with Crippen molar-refractivity contribution in [2.24, 2.45) is 0 Å². The molecule has 0 saturated heterocycles. The fraction of sp³-hybridized carbons (Fsp3) is 0.214. The monoisotopic (exact) mass is 472 g/mol. The van der Waals surface area contributed by atoms with E-state index in [9.17, 15) is 9.59 Å². The van der Waals surface area contributed by atoms with E-state index in [4.69, 9.17) is 14.2 Å². The molecule has 0 radical (unpaired) electrons. The number of urea groups is 1. The number of benzene rings is 3. The molecule has 4 rings (SSSR count). The van der Waals surface area contributed by atoms with Crippen LogP contribution in [0.25, 0.3) is 0 Å². The van der Waals surface area contributed by atoms with E-state index < -0.39 is 12.0 Å². The maximum atomic E-state index is 13.2. The SMILES string of the molecule is CC1=C(C(=O)OCCOc2ccccc2)[C@H](c2ccccc2OCc2ccccc2)NC(=O)N1C. The van der Waals surface area contributed by atoms with Crippen LogP contribution in [0.4, 0.5) is 4.79 Å². The van der Waals surface area contributed by atoms with Gasteiger partial charge in [0, 0.05) is 18.3 Å². The fourth-order valence-electron chi connectivity index (χ4n) is 3.81. The minimum Gasteiger partial charge on any atom is -0.490 e. The maximum Gasteiger partial charge on any atom is 0.338 e. The predicted octanol–water partition coefficient (Wildman–Crippen LogP) is 4.86. The molecule has 3 aromatic carbocycles. The van der Waals surface area contributed by atoms with E-state index in [1.54, 1.807) is 14.0 Å². The Hall–Kier alpha value is -4.26. The first-order valence-corrected chi connectivity index (χ1v) is 11.4. The Morgan fingerprint density at radius 2 is 1.54 bits per heavy atom. The van der Waals surface area contributed by atoms with Crippen LogP contribution in [-0.4, -0.2) is 37.2 Å². The second kappa shape index (κ2) is 11.2. The molecule has 2 amide bonds. The van der Waals surface area contributed by atoms with Crippen molar-refractivity contribution in [2.45, 2.75) is 19.6 Å². The van der Waals surface area contributed by atoms with Gasteiger partial charge in [-0.1, -0.05) is 66.7 Å². The zero-order valence-electron chi connectivity index (χ0n) is 19.8. The maximum absolute atomic E-state index is 13.2. The summed E-state index contributed by atoms with van der Waals surface area (Å²) in [6, 6.07) is 25.5. The Balaban J connectivity index is 1.52. The van der Waals surface area contributed by atoms with Crippen LogP contribution in [0.5, 0.6) is 11.5 Å². The van der Waals surface area contributed by atoms with Gasteiger partial charge in [0.2, 0.25) is 0 Å². The number of para-hydroxylation sites is 2. The van der Waals surface area contributed by atoms with E-state index in [2.05, 4.69) is 5.32 Å². The van der Waals surface area contributed by atoms with Crippen LogP contribution in [-0.2, 0) is 16.1 Å². The molecule has 1 aliphatic rings. The highest BCUT2D eigenvalue weighted by atomic mass is 16.6. The van der Waals surface area contributed by atoms with Gasteiger partial charge in [-0.05, 0) is 30.7 Å². The number of nitrogens with zero attached hydrogens (tertiary/aromatic N) is 1. The van der Waals surface area contributed by atoms with Crippen molar-refractivity contribution in [2.75, 3.05) is 20.3 Å². The van der Waals surface area contributed by atoms with Crippen LogP contribution in [0.2, 0.25) is 0 Å². The number of carbonyl (C=O) groups excluding carboxylic acids is 2. The number of allylic oxidation sites excluding steroid dienone is 1. The summed E-state index contributed by atoms with van der Waals surface area (Å²) >= 11 is 0. The van der Waals surface area contributed by atoms with Gasteiger partial charge >= 0.3 is 12.0 Å². The van der Waals surface area contributed by atoms with Crippen molar-refractivity contribution < 1.29 is 23.8 Å². The Kier molecular flexibility index (Phi) is 7.67. The lowest BCUT2D eigenvalue weighted by atomic mass is 9.94. The smallest absolute Gasteiger partial charge is 0.338 e. The summed E-state index contributed by atoms with van der Waals surface area (Å²) in [5, 5.41) is 2.92. The molecule has 3 aromatic rings. The number of esters is 1. The first-order chi connectivity index (χ1) is 17.0. The summed E-state index contributed by atoms with van der Waals surface area (Å²) in [7, 11) is 1.62. The molecule has 0 unspecified atom stereocenters. The highest BCUT2D eigenvalue weighted by molar-refractivity contribution is 5.95. The molecule has 0 aliphatic carbocycles. The van der Waals surface area contributed by atoms with E-state index in [1.807, 2.05) is 84.9 Å². The molecular formula is C28H28N2O5. The second-order valence-electron chi connectivity index (χ2n) is 8.05. The third kappa shape index (κ3) is 5.81. The minimum absolute atomic E-state index is 0.0705.